The van der Waals surface area contributed by atoms with Crippen molar-refractivity contribution >= 4 is 11.6 Å². The zero-order valence-electron chi connectivity index (χ0n) is 14.4. The number of hydrogen-bond acceptors (Lipinski definition) is 5. The average molecular weight is 338 g/mol. The number of amides is 1. The lowest BCUT2D eigenvalue weighted by Crippen LogP contribution is -2.37. The molecule has 4 rings (SSSR count). The van der Waals surface area contributed by atoms with E-state index in [2.05, 4.69) is 14.9 Å². The smallest absolute Gasteiger partial charge is 0.234 e. The summed E-state index contributed by atoms with van der Waals surface area (Å²) in [7, 11) is 1.64. The highest BCUT2D eigenvalue weighted by Gasteiger charge is 2.51. The number of hydrogen-bond donors (Lipinski definition) is 0. The molecule has 0 saturated carbocycles. The molecular formula is C19H22N4O2. The van der Waals surface area contributed by atoms with E-state index in [0.717, 1.165) is 50.3 Å². The first-order chi connectivity index (χ1) is 12.2. The molecule has 4 heterocycles. The third-order valence-corrected chi connectivity index (χ3v) is 5.34. The van der Waals surface area contributed by atoms with Crippen LogP contribution in [-0.2, 0) is 11.3 Å². The summed E-state index contributed by atoms with van der Waals surface area (Å²) in [5.74, 6) is 0.902. The first-order valence-electron chi connectivity index (χ1n) is 8.64. The second kappa shape index (κ2) is 6.44. The Balaban J connectivity index is 1.48. The summed E-state index contributed by atoms with van der Waals surface area (Å²) in [6, 6.07) is 7.80. The number of likely N-dealkylation sites (tertiary alicyclic amines) is 1. The lowest BCUT2D eigenvalue weighted by atomic mass is 9.85. The van der Waals surface area contributed by atoms with Crippen molar-refractivity contribution in [2.45, 2.75) is 19.4 Å². The van der Waals surface area contributed by atoms with Crippen LogP contribution in [0.2, 0.25) is 0 Å². The molecule has 130 valence electrons. The van der Waals surface area contributed by atoms with Gasteiger partial charge in [-0.15, -0.1) is 0 Å². The lowest BCUT2D eigenvalue weighted by molar-refractivity contribution is -0.125. The molecule has 0 bridgehead atoms. The van der Waals surface area contributed by atoms with E-state index in [1.165, 1.54) is 0 Å². The Kier molecular flexibility index (Phi) is 4.13. The van der Waals surface area contributed by atoms with E-state index in [4.69, 9.17) is 4.74 Å². The molecule has 0 unspecified atom stereocenters. The average Bonchev–Trinajstić information content (AvgIpc) is 3.21. The van der Waals surface area contributed by atoms with E-state index in [-0.39, 0.29) is 11.3 Å². The minimum atomic E-state index is -0.259. The first-order valence-corrected chi connectivity index (χ1v) is 8.64. The van der Waals surface area contributed by atoms with Crippen LogP contribution < -0.4 is 9.64 Å². The van der Waals surface area contributed by atoms with Gasteiger partial charge in [0.1, 0.15) is 0 Å². The number of carbonyl (C=O) groups excluding carboxylic acids is 1. The van der Waals surface area contributed by atoms with E-state index >= 15 is 0 Å². The van der Waals surface area contributed by atoms with Crippen molar-refractivity contribution in [1.82, 2.24) is 14.9 Å². The minimum Gasteiger partial charge on any atom is -0.481 e. The molecule has 2 aromatic rings. The number of ether oxygens (including phenoxy) is 1. The van der Waals surface area contributed by atoms with E-state index in [1.807, 2.05) is 29.2 Å². The molecule has 1 amide bonds. The summed E-state index contributed by atoms with van der Waals surface area (Å²) in [4.78, 5) is 25.7. The second-order valence-electron chi connectivity index (χ2n) is 6.83. The molecule has 2 aliphatic rings. The standard InChI is InChI=1S/C19H22N4O2/c1-25-17-15(4-2-9-21-17)13-22-10-6-19(14-22)7-11-23(18(19)24)16-5-3-8-20-12-16/h2-5,8-9,12H,6-7,10-11,13-14H2,1H3/t19-/m0/s1. The van der Waals surface area contributed by atoms with Gasteiger partial charge in [-0.1, -0.05) is 6.07 Å². The zero-order valence-corrected chi connectivity index (χ0v) is 14.4. The normalized spacial score (nSPS) is 23.6. The maximum atomic E-state index is 13.1. The number of carbonyl (C=O) groups is 1. The van der Waals surface area contributed by atoms with Gasteiger partial charge in [-0.25, -0.2) is 4.98 Å². The van der Waals surface area contributed by atoms with Gasteiger partial charge in [0.25, 0.3) is 0 Å². The zero-order chi connectivity index (χ0) is 17.3. The Hall–Kier alpha value is -2.47. The SMILES string of the molecule is COc1ncccc1CN1CC[C@]2(CCN(c3cccnc3)C2=O)C1. The van der Waals surface area contributed by atoms with Crippen molar-refractivity contribution in [2.75, 3.05) is 31.6 Å². The maximum absolute atomic E-state index is 13.1. The number of pyridine rings is 2. The van der Waals surface area contributed by atoms with Gasteiger partial charge in [0.2, 0.25) is 11.8 Å². The van der Waals surface area contributed by atoms with Crippen molar-refractivity contribution < 1.29 is 9.53 Å². The third kappa shape index (κ3) is 2.87. The maximum Gasteiger partial charge on any atom is 0.234 e. The molecule has 0 aliphatic carbocycles. The van der Waals surface area contributed by atoms with Crippen LogP contribution >= 0.6 is 0 Å². The summed E-state index contributed by atoms with van der Waals surface area (Å²) < 4.78 is 5.35. The quantitative estimate of drug-likeness (QED) is 0.855. The number of nitrogens with zero attached hydrogens (tertiary/aromatic N) is 4. The fourth-order valence-electron chi connectivity index (χ4n) is 4.02. The van der Waals surface area contributed by atoms with Gasteiger partial charge in [0, 0.05) is 37.6 Å². The molecule has 0 radical (unpaired) electrons. The number of aromatic nitrogens is 2. The molecule has 6 nitrogen and oxygen atoms in total. The molecule has 1 spiro atoms. The molecular weight excluding hydrogens is 316 g/mol. The highest BCUT2D eigenvalue weighted by atomic mass is 16.5. The molecule has 2 saturated heterocycles. The molecule has 25 heavy (non-hydrogen) atoms. The number of anilines is 1. The fraction of sp³-hybridized carbons (Fsp3) is 0.421. The lowest BCUT2D eigenvalue weighted by Gasteiger charge is -2.24. The molecule has 2 fully saturated rings. The molecule has 2 aromatic heterocycles. The highest BCUT2D eigenvalue weighted by Crippen LogP contribution is 2.42. The first kappa shape index (κ1) is 16.0. The van der Waals surface area contributed by atoms with Crippen molar-refractivity contribution in [1.29, 1.82) is 0 Å². The van der Waals surface area contributed by atoms with Crippen LogP contribution in [-0.4, -0.2) is 47.5 Å². The van der Waals surface area contributed by atoms with Crippen LogP contribution in [0.1, 0.15) is 18.4 Å². The van der Waals surface area contributed by atoms with Crippen LogP contribution in [0.25, 0.3) is 0 Å². The predicted molar refractivity (Wildman–Crippen MR) is 94.3 cm³/mol. The number of methoxy groups -OCH3 is 1. The van der Waals surface area contributed by atoms with Crippen molar-refractivity contribution in [3.05, 3.63) is 48.4 Å². The van der Waals surface area contributed by atoms with Gasteiger partial charge in [-0.2, -0.15) is 0 Å². The summed E-state index contributed by atoms with van der Waals surface area (Å²) in [6.45, 7) is 3.25. The van der Waals surface area contributed by atoms with Crippen LogP contribution in [0, 0.1) is 5.41 Å². The van der Waals surface area contributed by atoms with Crippen LogP contribution in [0.5, 0.6) is 5.88 Å². The fourth-order valence-corrected chi connectivity index (χ4v) is 4.02. The van der Waals surface area contributed by atoms with Crippen molar-refractivity contribution in [2.24, 2.45) is 5.41 Å². The predicted octanol–water partition coefficient (Wildman–Crippen LogP) is 2.11. The van der Waals surface area contributed by atoms with Gasteiger partial charge in [0.05, 0.1) is 24.4 Å². The van der Waals surface area contributed by atoms with Gasteiger partial charge in [0.15, 0.2) is 0 Å². The molecule has 6 heteroatoms. The Morgan fingerprint density at radius 2 is 2.04 bits per heavy atom. The second-order valence-corrected chi connectivity index (χ2v) is 6.83. The Morgan fingerprint density at radius 1 is 1.20 bits per heavy atom. The topological polar surface area (TPSA) is 58.6 Å². The van der Waals surface area contributed by atoms with Gasteiger partial charge >= 0.3 is 0 Å². The molecule has 1 atom stereocenters. The van der Waals surface area contributed by atoms with E-state index < -0.39 is 0 Å². The summed E-state index contributed by atoms with van der Waals surface area (Å²) in [6.07, 6.45) is 7.05. The Morgan fingerprint density at radius 3 is 2.84 bits per heavy atom. The van der Waals surface area contributed by atoms with Crippen LogP contribution in [0.15, 0.2) is 42.9 Å². The summed E-state index contributed by atoms with van der Waals surface area (Å²) in [5.41, 5.74) is 1.71. The van der Waals surface area contributed by atoms with E-state index in [1.54, 1.807) is 25.7 Å². The van der Waals surface area contributed by atoms with Crippen molar-refractivity contribution in [3.8, 4) is 5.88 Å². The van der Waals surface area contributed by atoms with Crippen molar-refractivity contribution in [3.63, 3.8) is 0 Å². The minimum absolute atomic E-state index is 0.237. The van der Waals surface area contributed by atoms with E-state index in [9.17, 15) is 4.79 Å². The van der Waals surface area contributed by atoms with Gasteiger partial charge < -0.3 is 9.64 Å². The monoisotopic (exact) mass is 338 g/mol. The summed E-state index contributed by atoms with van der Waals surface area (Å²) >= 11 is 0. The van der Waals surface area contributed by atoms with Gasteiger partial charge in [-0.05, 0) is 37.6 Å². The largest absolute Gasteiger partial charge is 0.481 e. The molecule has 0 aromatic carbocycles. The summed E-state index contributed by atoms with van der Waals surface area (Å²) in [5, 5.41) is 0. The van der Waals surface area contributed by atoms with Gasteiger partial charge in [-0.3, -0.25) is 14.7 Å². The van der Waals surface area contributed by atoms with Crippen LogP contribution in [0.4, 0.5) is 5.69 Å². The number of rotatable bonds is 4. The Bertz CT molecular complexity index is 767. The van der Waals surface area contributed by atoms with Crippen LogP contribution in [0.3, 0.4) is 0 Å². The van der Waals surface area contributed by atoms with E-state index in [0.29, 0.717) is 5.88 Å². The third-order valence-electron chi connectivity index (χ3n) is 5.34. The Labute approximate surface area is 147 Å². The molecule has 2 aliphatic heterocycles. The highest BCUT2D eigenvalue weighted by molar-refractivity contribution is 6.00. The molecule has 0 N–H and O–H groups in total.